The second-order valence-corrected chi connectivity index (χ2v) is 5.81. The van der Waals surface area contributed by atoms with Gasteiger partial charge < -0.3 is 15.4 Å². The van der Waals surface area contributed by atoms with Crippen molar-refractivity contribution in [2.45, 2.75) is 39.8 Å². The van der Waals surface area contributed by atoms with Gasteiger partial charge in [0, 0.05) is 36.5 Å². The van der Waals surface area contributed by atoms with Gasteiger partial charge in [-0.15, -0.1) is 0 Å². The molecule has 0 aliphatic rings. The molecule has 1 atom stereocenters. The Bertz CT molecular complexity index is 679. The highest BCUT2D eigenvalue weighted by Crippen LogP contribution is 2.31. The summed E-state index contributed by atoms with van der Waals surface area (Å²) in [6.07, 6.45) is 3.91. The SMILES string of the molecule is COc1cc(NC(C)=O)ccc1NC(C)c1cnn(C(C)C)c1. The zero-order chi connectivity index (χ0) is 17.0. The molecule has 23 heavy (non-hydrogen) atoms. The van der Waals surface area contributed by atoms with Crippen LogP contribution in [0.5, 0.6) is 5.75 Å². The van der Waals surface area contributed by atoms with Crippen LogP contribution < -0.4 is 15.4 Å². The third kappa shape index (κ3) is 4.25. The van der Waals surface area contributed by atoms with E-state index in [1.54, 1.807) is 13.2 Å². The van der Waals surface area contributed by atoms with E-state index in [4.69, 9.17) is 4.74 Å². The molecule has 1 amide bonds. The highest BCUT2D eigenvalue weighted by Gasteiger charge is 2.12. The summed E-state index contributed by atoms with van der Waals surface area (Å²) in [4.78, 5) is 11.1. The standard InChI is InChI=1S/C17H24N4O2/c1-11(2)21-10-14(9-18-21)12(3)19-16-7-6-15(20-13(4)22)8-17(16)23-5/h6-12,19H,1-5H3,(H,20,22). The molecule has 1 unspecified atom stereocenters. The van der Waals surface area contributed by atoms with Crippen molar-refractivity contribution in [3.63, 3.8) is 0 Å². The lowest BCUT2D eigenvalue weighted by atomic mass is 10.1. The second kappa shape index (κ2) is 7.17. The summed E-state index contributed by atoms with van der Waals surface area (Å²) in [7, 11) is 1.61. The fourth-order valence-corrected chi connectivity index (χ4v) is 2.27. The van der Waals surface area contributed by atoms with Gasteiger partial charge >= 0.3 is 0 Å². The Morgan fingerprint density at radius 2 is 2.04 bits per heavy atom. The molecule has 0 spiro atoms. The molecule has 1 aromatic heterocycles. The number of rotatable bonds is 6. The van der Waals surface area contributed by atoms with E-state index in [0.717, 1.165) is 11.3 Å². The third-order valence-electron chi connectivity index (χ3n) is 3.54. The molecule has 124 valence electrons. The molecule has 0 fully saturated rings. The average molecular weight is 316 g/mol. The molecule has 6 nitrogen and oxygen atoms in total. The molecule has 0 saturated heterocycles. The van der Waals surface area contributed by atoms with Gasteiger partial charge in [0.15, 0.2) is 0 Å². The summed E-state index contributed by atoms with van der Waals surface area (Å²) in [6.45, 7) is 7.74. The molecule has 0 aliphatic carbocycles. The lowest BCUT2D eigenvalue weighted by Gasteiger charge is -2.17. The van der Waals surface area contributed by atoms with Crippen LogP contribution in [0.3, 0.4) is 0 Å². The van der Waals surface area contributed by atoms with Crippen LogP contribution in [0.15, 0.2) is 30.6 Å². The summed E-state index contributed by atoms with van der Waals surface area (Å²) >= 11 is 0. The van der Waals surface area contributed by atoms with Crippen LogP contribution in [0.1, 0.15) is 45.3 Å². The van der Waals surface area contributed by atoms with Crippen molar-refractivity contribution in [1.29, 1.82) is 0 Å². The van der Waals surface area contributed by atoms with Crippen LogP contribution in [0, 0.1) is 0 Å². The smallest absolute Gasteiger partial charge is 0.221 e. The van der Waals surface area contributed by atoms with Crippen molar-refractivity contribution in [1.82, 2.24) is 9.78 Å². The molecule has 2 rings (SSSR count). The molecule has 2 N–H and O–H groups in total. The maximum Gasteiger partial charge on any atom is 0.221 e. The molecule has 0 aliphatic heterocycles. The fraction of sp³-hybridized carbons (Fsp3) is 0.412. The van der Waals surface area contributed by atoms with Gasteiger partial charge in [-0.05, 0) is 32.9 Å². The maximum atomic E-state index is 11.1. The van der Waals surface area contributed by atoms with Gasteiger partial charge in [-0.25, -0.2) is 0 Å². The highest BCUT2D eigenvalue weighted by atomic mass is 16.5. The Morgan fingerprint density at radius 1 is 1.30 bits per heavy atom. The normalized spacial score (nSPS) is 12.1. The van der Waals surface area contributed by atoms with Gasteiger partial charge in [-0.1, -0.05) is 0 Å². The summed E-state index contributed by atoms with van der Waals surface area (Å²) in [5.41, 5.74) is 2.68. The minimum Gasteiger partial charge on any atom is -0.495 e. The van der Waals surface area contributed by atoms with Gasteiger partial charge in [0.05, 0.1) is 25.0 Å². The first-order valence-corrected chi connectivity index (χ1v) is 7.67. The minimum absolute atomic E-state index is 0.0861. The number of hydrogen-bond acceptors (Lipinski definition) is 4. The second-order valence-electron chi connectivity index (χ2n) is 5.81. The Hall–Kier alpha value is -2.50. The van der Waals surface area contributed by atoms with Crippen LogP contribution in [0.2, 0.25) is 0 Å². The number of benzene rings is 1. The molecule has 0 bridgehead atoms. The van der Waals surface area contributed by atoms with E-state index >= 15 is 0 Å². The number of methoxy groups -OCH3 is 1. The van der Waals surface area contributed by atoms with Gasteiger partial charge in [-0.3, -0.25) is 9.48 Å². The summed E-state index contributed by atoms with van der Waals surface area (Å²) in [6, 6.07) is 5.96. The van der Waals surface area contributed by atoms with E-state index in [1.807, 2.05) is 29.2 Å². The number of hydrogen-bond donors (Lipinski definition) is 2. The highest BCUT2D eigenvalue weighted by molar-refractivity contribution is 5.89. The maximum absolute atomic E-state index is 11.1. The monoisotopic (exact) mass is 316 g/mol. The quantitative estimate of drug-likeness (QED) is 0.854. The van der Waals surface area contributed by atoms with E-state index in [-0.39, 0.29) is 11.9 Å². The van der Waals surface area contributed by atoms with Crippen molar-refractivity contribution >= 4 is 17.3 Å². The molecule has 2 aromatic rings. The van der Waals surface area contributed by atoms with Crippen LogP contribution in [0.25, 0.3) is 0 Å². The summed E-state index contributed by atoms with van der Waals surface area (Å²) in [5, 5.41) is 10.5. The van der Waals surface area contributed by atoms with Gasteiger partial charge in [0.1, 0.15) is 5.75 Å². The molecule has 1 aromatic carbocycles. The average Bonchev–Trinajstić information content (AvgIpc) is 2.98. The zero-order valence-corrected chi connectivity index (χ0v) is 14.3. The number of nitrogens with zero attached hydrogens (tertiary/aromatic N) is 2. The summed E-state index contributed by atoms with van der Waals surface area (Å²) < 4.78 is 7.35. The lowest BCUT2D eigenvalue weighted by molar-refractivity contribution is -0.114. The number of anilines is 2. The van der Waals surface area contributed by atoms with Crippen molar-refractivity contribution in [2.24, 2.45) is 0 Å². The van der Waals surface area contributed by atoms with Gasteiger partial charge in [-0.2, -0.15) is 5.10 Å². The number of carbonyl (C=O) groups excluding carboxylic acids is 1. The fourth-order valence-electron chi connectivity index (χ4n) is 2.27. The molecular formula is C17H24N4O2. The van der Waals surface area contributed by atoms with Gasteiger partial charge in [0.2, 0.25) is 5.91 Å². The Labute approximate surface area is 136 Å². The number of carbonyl (C=O) groups is 1. The number of nitrogens with one attached hydrogen (secondary N) is 2. The predicted octanol–water partition coefficient (Wildman–Crippen LogP) is 3.60. The summed E-state index contributed by atoms with van der Waals surface area (Å²) in [5.74, 6) is 0.571. The Morgan fingerprint density at radius 3 is 2.61 bits per heavy atom. The van der Waals surface area contributed by atoms with E-state index in [9.17, 15) is 4.79 Å². The number of aromatic nitrogens is 2. The first-order valence-electron chi connectivity index (χ1n) is 7.67. The third-order valence-corrected chi connectivity index (χ3v) is 3.54. The number of ether oxygens (including phenoxy) is 1. The Kier molecular flexibility index (Phi) is 5.26. The van der Waals surface area contributed by atoms with Crippen LogP contribution in [-0.4, -0.2) is 22.8 Å². The van der Waals surface area contributed by atoms with Crippen LogP contribution in [0.4, 0.5) is 11.4 Å². The molecule has 6 heteroatoms. The lowest BCUT2D eigenvalue weighted by Crippen LogP contribution is -2.09. The van der Waals surface area contributed by atoms with Crippen molar-refractivity contribution < 1.29 is 9.53 Å². The molecule has 0 saturated carbocycles. The van der Waals surface area contributed by atoms with E-state index in [0.29, 0.717) is 17.5 Å². The molecule has 0 radical (unpaired) electrons. The van der Waals surface area contributed by atoms with Crippen LogP contribution >= 0.6 is 0 Å². The predicted molar refractivity (Wildman–Crippen MR) is 91.9 cm³/mol. The van der Waals surface area contributed by atoms with E-state index in [1.165, 1.54) is 6.92 Å². The van der Waals surface area contributed by atoms with Crippen molar-refractivity contribution in [3.05, 3.63) is 36.2 Å². The van der Waals surface area contributed by atoms with Crippen LogP contribution in [-0.2, 0) is 4.79 Å². The topological polar surface area (TPSA) is 68.2 Å². The Balaban J connectivity index is 2.16. The molecular weight excluding hydrogens is 292 g/mol. The largest absolute Gasteiger partial charge is 0.495 e. The van der Waals surface area contributed by atoms with Crippen molar-refractivity contribution in [3.8, 4) is 5.75 Å². The van der Waals surface area contributed by atoms with Gasteiger partial charge in [0.25, 0.3) is 0 Å². The van der Waals surface area contributed by atoms with E-state index < -0.39 is 0 Å². The zero-order valence-electron chi connectivity index (χ0n) is 14.3. The first kappa shape index (κ1) is 16.9. The number of amides is 1. The minimum atomic E-state index is -0.109. The first-order chi connectivity index (χ1) is 10.9. The van der Waals surface area contributed by atoms with E-state index in [2.05, 4.69) is 36.5 Å². The van der Waals surface area contributed by atoms with Crippen molar-refractivity contribution in [2.75, 3.05) is 17.7 Å². The molecule has 1 heterocycles.